The molecule has 0 radical (unpaired) electrons. The van der Waals surface area contributed by atoms with Crippen LogP contribution >= 0.6 is 23.2 Å². The number of amides is 1. The molecule has 1 heterocycles. The normalized spacial score (nSPS) is 10.3. The monoisotopic (exact) mass is 295 g/mol. The van der Waals surface area contributed by atoms with Gasteiger partial charge in [0.1, 0.15) is 0 Å². The van der Waals surface area contributed by atoms with Crippen LogP contribution < -0.4 is 11.1 Å². The molecule has 1 aromatic heterocycles. The lowest BCUT2D eigenvalue weighted by molar-refractivity contribution is 0.102. The van der Waals surface area contributed by atoms with Crippen LogP contribution in [0, 0.1) is 6.92 Å². The van der Waals surface area contributed by atoms with E-state index in [1.807, 2.05) is 6.92 Å². The minimum Gasteiger partial charge on any atom is -0.399 e. The summed E-state index contributed by atoms with van der Waals surface area (Å²) in [5, 5.41) is 3.18. The number of nitrogens with zero attached hydrogens (tertiary/aromatic N) is 1. The number of anilines is 2. The number of nitrogen functional groups attached to an aromatic ring is 1. The summed E-state index contributed by atoms with van der Waals surface area (Å²) in [6, 6.07) is 6.42. The van der Waals surface area contributed by atoms with E-state index < -0.39 is 0 Å². The topological polar surface area (TPSA) is 68.0 Å². The van der Waals surface area contributed by atoms with Crippen molar-refractivity contribution in [2.45, 2.75) is 6.92 Å². The number of nitrogens with two attached hydrogens (primary N) is 1. The van der Waals surface area contributed by atoms with E-state index in [-0.39, 0.29) is 16.1 Å². The van der Waals surface area contributed by atoms with Crippen LogP contribution in [-0.2, 0) is 0 Å². The standard InChI is InChI=1S/C13H11Cl2N3O/c1-7-4-11(12(15)17-6-7)18-13(19)9-3-2-8(16)5-10(9)14/h2-6H,16H2,1H3,(H,18,19). The van der Waals surface area contributed by atoms with Gasteiger partial charge < -0.3 is 11.1 Å². The van der Waals surface area contributed by atoms with Crippen molar-refractivity contribution >= 4 is 40.5 Å². The molecule has 1 aromatic carbocycles. The molecule has 0 atom stereocenters. The molecule has 0 saturated heterocycles. The molecule has 0 aliphatic carbocycles. The Morgan fingerprint density at radius 3 is 2.74 bits per heavy atom. The smallest absolute Gasteiger partial charge is 0.257 e. The van der Waals surface area contributed by atoms with Gasteiger partial charge in [-0.3, -0.25) is 4.79 Å². The van der Waals surface area contributed by atoms with Gasteiger partial charge >= 0.3 is 0 Å². The van der Waals surface area contributed by atoms with E-state index in [9.17, 15) is 4.79 Å². The minimum absolute atomic E-state index is 0.227. The van der Waals surface area contributed by atoms with Gasteiger partial charge in [0.05, 0.1) is 16.3 Å². The quantitative estimate of drug-likeness (QED) is 0.658. The molecule has 2 aromatic rings. The van der Waals surface area contributed by atoms with Crippen molar-refractivity contribution in [2.75, 3.05) is 11.1 Å². The van der Waals surface area contributed by atoms with Crippen LogP contribution in [0.1, 0.15) is 15.9 Å². The van der Waals surface area contributed by atoms with E-state index in [1.165, 1.54) is 6.07 Å². The zero-order valence-corrected chi connectivity index (χ0v) is 11.6. The summed E-state index contributed by atoms with van der Waals surface area (Å²) in [4.78, 5) is 16.0. The first-order valence-corrected chi connectivity index (χ1v) is 6.21. The first kappa shape index (κ1) is 13.6. The van der Waals surface area contributed by atoms with Gasteiger partial charge in [0.2, 0.25) is 0 Å². The zero-order chi connectivity index (χ0) is 14.0. The number of aromatic nitrogens is 1. The maximum Gasteiger partial charge on any atom is 0.257 e. The van der Waals surface area contributed by atoms with Gasteiger partial charge in [-0.1, -0.05) is 23.2 Å². The van der Waals surface area contributed by atoms with Crippen LogP contribution in [0.15, 0.2) is 30.5 Å². The van der Waals surface area contributed by atoms with E-state index in [1.54, 1.807) is 24.4 Å². The fourth-order valence-corrected chi connectivity index (χ4v) is 1.97. The second kappa shape index (κ2) is 5.47. The fraction of sp³-hybridized carbons (Fsp3) is 0.0769. The molecule has 1 amide bonds. The molecule has 0 saturated carbocycles. The number of pyridine rings is 1. The highest BCUT2D eigenvalue weighted by atomic mass is 35.5. The summed E-state index contributed by atoms with van der Waals surface area (Å²) in [5.41, 5.74) is 7.74. The second-order valence-corrected chi connectivity index (χ2v) is 4.81. The first-order valence-electron chi connectivity index (χ1n) is 5.46. The Morgan fingerprint density at radius 1 is 1.32 bits per heavy atom. The Hall–Kier alpha value is -1.78. The highest BCUT2D eigenvalue weighted by Crippen LogP contribution is 2.23. The van der Waals surface area contributed by atoms with Gasteiger partial charge in [-0.15, -0.1) is 0 Å². The van der Waals surface area contributed by atoms with E-state index in [4.69, 9.17) is 28.9 Å². The molecule has 4 nitrogen and oxygen atoms in total. The van der Waals surface area contributed by atoms with Gasteiger partial charge in [-0.25, -0.2) is 4.98 Å². The molecule has 2 rings (SSSR count). The number of hydrogen-bond acceptors (Lipinski definition) is 3. The number of halogens is 2. The largest absolute Gasteiger partial charge is 0.399 e. The van der Waals surface area contributed by atoms with E-state index in [0.717, 1.165) is 5.56 Å². The first-order chi connectivity index (χ1) is 8.97. The van der Waals surface area contributed by atoms with Gasteiger partial charge in [0, 0.05) is 11.9 Å². The summed E-state index contributed by atoms with van der Waals surface area (Å²) in [5.74, 6) is -0.362. The van der Waals surface area contributed by atoms with Gasteiger partial charge in [0.25, 0.3) is 5.91 Å². The third kappa shape index (κ3) is 3.16. The Morgan fingerprint density at radius 2 is 2.05 bits per heavy atom. The highest BCUT2D eigenvalue weighted by Gasteiger charge is 2.12. The summed E-state index contributed by atoms with van der Waals surface area (Å²) >= 11 is 11.9. The minimum atomic E-state index is -0.362. The van der Waals surface area contributed by atoms with Crippen molar-refractivity contribution in [3.8, 4) is 0 Å². The van der Waals surface area contributed by atoms with Gasteiger partial charge in [-0.2, -0.15) is 0 Å². The van der Waals surface area contributed by atoms with Crippen molar-refractivity contribution in [1.29, 1.82) is 0 Å². The molecule has 0 fully saturated rings. The van der Waals surface area contributed by atoms with E-state index >= 15 is 0 Å². The maximum absolute atomic E-state index is 12.1. The van der Waals surface area contributed by atoms with Crippen LogP contribution in [0.5, 0.6) is 0 Å². The average molecular weight is 296 g/mol. The summed E-state index contributed by atoms with van der Waals surface area (Å²) in [6.07, 6.45) is 1.62. The molecule has 3 N–H and O–H groups in total. The summed E-state index contributed by atoms with van der Waals surface area (Å²) in [7, 11) is 0. The number of rotatable bonds is 2. The van der Waals surface area contributed by atoms with Crippen LogP contribution in [-0.4, -0.2) is 10.9 Å². The molecule has 98 valence electrons. The van der Waals surface area contributed by atoms with Gasteiger partial charge in [-0.05, 0) is 36.8 Å². The Kier molecular flexibility index (Phi) is 3.93. The SMILES string of the molecule is Cc1cnc(Cl)c(NC(=O)c2ccc(N)cc2Cl)c1. The van der Waals surface area contributed by atoms with Crippen LogP contribution in [0.4, 0.5) is 11.4 Å². The number of carbonyl (C=O) groups excluding carboxylic acids is 1. The third-order valence-corrected chi connectivity index (χ3v) is 3.08. The third-order valence-electron chi connectivity index (χ3n) is 2.46. The Labute approximate surface area is 120 Å². The number of aryl methyl sites for hydroxylation is 1. The van der Waals surface area contributed by atoms with Crippen LogP contribution in [0.3, 0.4) is 0 Å². The summed E-state index contributed by atoms with van der Waals surface area (Å²) < 4.78 is 0. The molecule has 0 bridgehead atoms. The molecule has 0 aliphatic heterocycles. The summed E-state index contributed by atoms with van der Waals surface area (Å²) in [6.45, 7) is 1.86. The number of benzene rings is 1. The number of carbonyl (C=O) groups is 1. The van der Waals surface area contributed by atoms with Crippen LogP contribution in [0.2, 0.25) is 10.2 Å². The molecular formula is C13H11Cl2N3O. The molecule has 0 unspecified atom stereocenters. The average Bonchev–Trinajstić information content (AvgIpc) is 2.33. The lowest BCUT2D eigenvalue weighted by Crippen LogP contribution is -2.13. The highest BCUT2D eigenvalue weighted by molar-refractivity contribution is 6.35. The van der Waals surface area contributed by atoms with Crippen molar-refractivity contribution in [3.05, 3.63) is 51.8 Å². The second-order valence-electron chi connectivity index (χ2n) is 4.04. The van der Waals surface area contributed by atoms with Crippen LogP contribution in [0.25, 0.3) is 0 Å². The molecule has 0 aliphatic rings. The van der Waals surface area contributed by atoms with E-state index in [0.29, 0.717) is 16.9 Å². The van der Waals surface area contributed by atoms with Crippen molar-refractivity contribution < 1.29 is 4.79 Å². The van der Waals surface area contributed by atoms with Crippen molar-refractivity contribution in [1.82, 2.24) is 4.98 Å². The lowest BCUT2D eigenvalue weighted by atomic mass is 10.2. The zero-order valence-electron chi connectivity index (χ0n) is 10.1. The Bertz CT molecular complexity index is 644. The Balaban J connectivity index is 2.28. The maximum atomic E-state index is 12.1. The molecule has 6 heteroatoms. The molecular weight excluding hydrogens is 285 g/mol. The number of nitrogens with one attached hydrogen (secondary N) is 1. The molecule has 0 spiro atoms. The predicted octanol–water partition coefficient (Wildman–Crippen LogP) is 3.53. The van der Waals surface area contributed by atoms with E-state index in [2.05, 4.69) is 10.3 Å². The predicted molar refractivity (Wildman–Crippen MR) is 77.8 cm³/mol. The number of hydrogen-bond donors (Lipinski definition) is 2. The lowest BCUT2D eigenvalue weighted by Gasteiger charge is -2.09. The van der Waals surface area contributed by atoms with Crippen molar-refractivity contribution in [3.63, 3.8) is 0 Å². The van der Waals surface area contributed by atoms with Crippen molar-refractivity contribution in [2.24, 2.45) is 0 Å². The van der Waals surface area contributed by atoms with Gasteiger partial charge in [0.15, 0.2) is 5.15 Å². The molecule has 19 heavy (non-hydrogen) atoms. The fourth-order valence-electron chi connectivity index (χ4n) is 1.55.